The van der Waals surface area contributed by atoms with Gasteiger partial charge in [-0.3, -0.25) is 20.3 Å². The molecule has 0 spiro atoms. The number of imide groups is 1. The summed E-state index contributed by atoms with van der Waals surface area (Å²) in [6.45, 7) is 0.467. The monoisotopic (exact) mass is 525 g/mol. The molecule has 2 aromatic carbocycles. The van der Waals surface area contributed by atoms with E-state index in [4.69, 9.17) is 15.9 Å². The fraction of sp³-hybridized carbons (Fsp3) is 0.304. The lowest BCUT2D eigenvalue weighted by Crippen LogP contribution is -2.51. The molecular formula is C23H20F5N5O4. The molecule has 0 aliphatic carbocycles. The maximum Gasteiger partial charge on any atom is 0.573 e. The quantitative estimate of drug-likeness (QED) is 0.238. The minimum absolute atomic E-state index is 0.0120. The van der Waals surface area contributed by atoms with E-state index in [-0.39, 0.29) is 43.2 Å². The molecule has 2 aliphatic rings. The summed E-state index contributed by atoms with van der Waals surface area (Å²) in [4.78, 5) is 29.0. The molecule has 1 atom stereocenters. The van der Waals surface area contributed by atoms with E-state index in [1.165, 1.54) is 12.1 Å². The maximum absolute atomic E-state index is 14.7. The lowest BCUT2D eigenvalue weighted by atomic mass is 9.89. The number of piperidine rings is 1. The van der Waals surface area contributed by atoms with Gasteiger partial charge in [-0.25, -0.2) is 13.8 Å². The zero-order chi connectivity index (χ0) is 26.9. The van der Waals surface area contributed by atoms with Gasteiger partial charge in [-0.1, -0.05) is 0 Å². The summed E-state index contributed by atoms with van der Waals surface area (Å²) >= 11 is 0. The van der Waals surface area contributed by atoms with Crippen molar-refractivity contribution in [2.45, 2.75) is 31.2 Å². The average molecular weight is 525 g/mol. The van der Waals surface area contributed by atoms with Crippen LogP contribution in [0.5, 0.6) is 5.75 Å². The first-order valence-electron chi connectivity index (χ1n) is 10.9. The van der Waals surface area contributed by atoms with Crippen molar-refractivity contribution in [2.24, 2.45) is 10.7 Å². The second kappa shape index (κ2) is 10.0. The molecule has 1 unspecified atom stereocenters. The number of rotatable bonds is 5. The number of carbonyl (C=O) groups excluding carboxylic acids is 2. The van der Waals surface area contributed by atoms with Crippen LogP contribution in [0.4, 0.5) is 27.6 Å². The van der Waals surface area contributed by atoms with Gasteiger partial charge in [-0.05, 0) is 42.8 Å². The lowest BCUT2D eigenvalue weighted by molar-refractivity contribution is -0.274. The number of anilines is 1. The highest BCUT2D eigenvalue weighted by atomic mass is 19.4. The first-order valence-corrected chi connectivity index (χ1v) is 10.9. The van der Waals surface area contributed by atoms with Crippen LogP contribution < -0.4 is 20.7 Å². The SMILES string of the molecule is N=C(OC(N)=NC1CN(c2cc(F)c(C3CCC(=O)NC3=O)c(F)c2)C1)c1ccc(OC(F)(F)F)cc1. The Hall–Kier alpha value is -4.23. The minimum Gasteiger partial charge on any atom is -0.407 e. The number of carbonyl (C=O) groups is 2. The first-order chi connectivity index (χ1) is 17.4. The van der Waals surface area contributed by atoms with Gasteiger partial charge in [-0.15, -0.1) is 13.2 Å². The van der Waals surface area contributed by atoms with E-state index in [0.717, 1.165) is 24.3 Å². The van der Waals surface area contributed by atoms with E-state index < -0.39 is 59.0 Å². The molecular weight excluding hydrogens is 505 g/mol. The fourth-order valence-corrected chi connectivity index (χ4v) is 3.98. The number of alkyl halides is 3. The zero-order valence-electron chi connectivity index (χ0n) is 18.9. The molecule has 0 bridgehead atoms. The second-order valence-corrected chi connectivity index (χ2v) is 8.36. The highest BCUT2D eigenvalue weighted by Gasteiger charge is 2.34. The molecule has 0 saturated carbocycles. The van der Waals surface area contributed by atoms with E-state index in [2.05, 4.69) is 15.0 Å². The Balaban J connectivity index is 1.33. The number of nitrogens with two attached hydrogens (primary N) is 1. The lowest BCUT2D eigenvalue weighted by Gasteiger charge is -2.39. The summed E-state index contributed by atoms with van der Waals surface area (Å²) in [6.07, 6.45) is -4.84. The van der Waals surface area contributed by atoms with E-state index in [9.17, 15) is 31.5 Å². The standard InChI is InChI=1S/C23H20F5N5O4/c24-16-7-13(8-17(25)19(16)15-5-6-18(34)32-21(15)35)33-9-12(10-33)31-22(30)36-20(29)11-1-3-14(4-2-11)37-23(26,27)28/h1-4,7-8,12,15,29H,5-6,9-10H2,(H2,30,31)(H,32,34,35). The highest BCUT2D eigenvalue weighted by molar-refractivity contribution is 6.01. The van der Waals surface area contributed by atoms with Crippen LogP contribution in [0.3, 0.4) is 0 Å². The smallest absolute Gasteiger partial charge is 0.407 e. The van der Waals surface area contributed by atoms with E-state index in [1.807, 2.05) is 0 Å². The summed E-state index contributed by atoms with van der Waals surface area (Å²) in [5.41, 5.74) is 5.67. The molecule has 0 radical (unpaired) electrons. The van der Waals surface area contributed by atoms with Gasteiger partial charge in [0.15, 0.2) is 0 Å². The molecule has 9 nitrogen and oxygen atoms in total. The molecule has 2 fully saturated rings. The molecule has 2 amide bonds. The van der Waals surface area contributed by atoms with Crippen LogP contribution in [0.15, 0.2) is 41.4 Å². The summed E-state index contributed by atoms with van der Waals surface area (Å²) < 4.78 is 75.0. The van der Waals surface area contributed by atoms with Crippen LogP contribution >= 0.6 is 0 Å². The van der Waals surface area contributed by atoms with Crippen molar-refractivity contribution in [1.82, 2.24) is 5.32 Å². The van der Waals surface area contributed by atoms with Gasteiger partial charge in [-0.2, -0.15) is 0 Å². The first kappa shape index (κ1) is 25.9. The van der Waals surface area contributed by atoms with Crippen molar-refractivity contribution in [2.75, 3.05) is 18.0 Å². The second-order valence-electron chi connectivity index (χ2n) is 8.36. The van der Waals surface area contributed by atoms with Crippen LogP contribution in [-0.2, 0) is 14.3 Å². The Labute approximate surface area is 206 Å². The van der Waals surface area contributed by atoms with E-state index >= 15 is 0 Å². The van der Waals surface area contributed by atoms with Crippen LogP contribution in [-0.4, -0.2) is 49.2 Å². The number of hydrogen-bond acceptors (Lipinski definition) is 7. The number of nitrogens with one attached hydrogen (secondary N) is 2. The third kappa shape index (κ3) is 6.13. The minimum atomic E-state index is -4.84. The van der Waals surface area contributed by atoms with Crippen LogP contribution in [0, 0.1) is 17.0 Å². The summed E-state index contributed by atoms with van der Waals surface area (Å²) in [5.74, 6) is -5.05. The molecule has 4 N–H and O–H groups in total. The number of nitrogens with zero attached hydrogens (tertiary/aromatic N) is 2. The van der Waals surface area contributed by atoms with Crippen molar-refractivity contribution in [3.05, 3.63) is 59.2 Å². The van der Waals surface area contributed by atoms with Gasteiger partial charge in [0, 0.05) is 36.3 Å². The van der Waals surface area contributed by atoms with Crippen molar-refractivity contribution >= 4 is 29.4 Å². The van der Waals surface area contributed by atoms with Crippen LogP contribution in [0.25, 0.3) is 0 Å². The maximum atomic E-state index is 14.7. The molecule has 14 heteroatoms. The number of hydrogen-bond donors (Lipinski definition) is 3. The summed E-state index contributed by atoms with van der Waals surface area (Å²) in [5, 5.41) is 9.97. The molecule has 2 saturated heterocycles. The van der Waals surface area contributed by atoms with Gasteiger partial charge in [0.05, 0.1) is 12.0 Å². The van der Waals surface area contributed by atoms with Crippen LogP contribution in [0.2, 0.25) is 0 Å². The topological polar surface area (TPSA) is 130 Å². The third-order valence-electron chi connectivity index (χ3n) is 5.75. The predicted molar refractivity (Wildman–Crippen MR) is 120 cm³/mol. The molecule has 4 rings (SSSR count). The number of halogens is 5. The van der Waals surface area contributed by atoms with E-state index in [0.29, 0.717) is 0 Å². The number of amides is 2. The van der Waals surface area contributed by atoms with Gasteiger partial charge in [0.25, 0.3) is 6.02 Å². The Kier molecular flexibility index (Phi) is 7.01. The Bertz CT molecular complexity index is 1240. The highest BCUT2D eigenvalue weighted by Crippen LogP contribution is 2.33. The van der Waals surface area contributed by atoms with Gasteiger partial charge in [0.2, 0.25) is 17.7 Å². The van der Waals surface area contributed by atoms with E-state index in [1.54, 1.807) is 4.90 Å². The van der Waals surface area contributed by atoms with Gasteiger partial charge < -0.3 is 20.1 Å². The molecule has 2 aromatic rings. The fourth-order valence-electron chi connectivity index (χ4n) is 3.98. The Morgan fingerprint density at radius 2 is 1.73 bits per heavy atom. The molecule has 2 aliphatic heterocycles. The zero-order valence-corrected chi connectivity index (χ0v) is 18.9. The van der Waals surface area contributed by atoms with Crippen molar-refractivity contribution in [3.63, 3.8) is 0 Å². The van der Waals surface area contributed by atoms with Crippen LogP contribution in [0.1, 0.15) is 29.9 Å². The largest absolute Gasteiger partial charge is 0.573 e. The number of aliphatic imine (C=N–C) groups is 1. The average Bonchev–Trinajstić information content (AvgIpc) is 2.76. The molecule has 2 heterocycles. The summed E-state index contributed by atoms with van der Waals surface area (Å²) in [6, 6.07) is 5.83. The van der Waals surface area contributed by atoms with Crippen molar-refractivity contribution in [3.8, 4) is 5.75 Å². The predicted octanol–water partition coefficient (Wildman–Crippen LogP) is 2.93. The molecule has 37 heavy (non-hydrogen) atoms. The third-order valence-corrected chi connectivity index (χ3v) is 5.75. The number of ether oxygens (including phenoxy) is 2. The summed E-state index contributed by atoms with van der Waals surface area (Å²) in [7, 11) is 0. The number of benzene rings is 2. The normalized spacial score (nSPS) is 18.8. The number of amidine groups is 1. The molecule has 0 aromatic heterocycles. The Morgan fingerprint density at radius 1 is 1.11 bits per heavy atom. The van der Waals surface area contributed by atoms with Gasteiger partial charge in [0.1, 0.15) is 17.4 Å². The van der Waals surface area contributed by atoms with Gasteiger partial charge >= 0.3 is 6.36 Å². The Morgan fingerprint density at radius 3 is 2.30 bits per heavy atom. The van der Waals surface area contributed by atoms with Crippen molar-refractivity contribution in [1.29, 1.82) is 5.41 Å². The van der Waals surface area contributed by atoms with Crippen molar-refractivity contribution < 1.29 is 41.0 Å². The molecule has 196 valence electrons.